The van der Waals surface area contributed by atoms with E-state index in [-0.39, 0.29) is 11.7 Å². The molecule has 4 heterocycles. The summed E-state index contributed by atoms with van der Waals surface area (Å²) < 4.78 is 10.3. The van der Waals surface area contributed by atoms with Crippen LogP contribution in [0.5, 0.6) is 0 Å². The van der Waals surface area contributed by atoms with Gasteiger partial charge in [-0.1, -0.05) is 36.4 Å². The Bertz CT molecular complexity index is 1780. The lowest BCUT2D eigenvalue weighted by Crippen LogP contribution is -2.35. The second-order valence-electron chi connectivity index (χ2n) is 11.8. The summed E-state index contributed by atoms with van der Waals surface area (Å²) in [4.78, 5) is 24.2. The average Bonchev–Trinajstić information content (AvgIpc) is 3.66. The third kappa shape index (κ3) is 4.61. The van der Waals surface area contributed by atoms with Gasteiger partial charge in [-0.25, -0.2) is 14.8 Å². The highest BCUT2D eigenvalue weighted by Gasteiger charge is 2.26. The van der Waals surface area contributed by atoms with Gasteiger partial charge in [0.1, 0.15) is 11.6 Å². The zero-order valence-electron chi connectivity index (χ0n) is 23.0. The molecule has 8 rings (SSSR count). The Labute approximate surface area is 238 Å². The Hall–Kier alpha value is -4.01. The Morgan fingerprint density at radius 2 is 1.83 bits per heavy atom. The lowest BCUT2D eigenvalue weighted by atomic mass is 10.0. The molecule has 8 heteroatoms. The molecule has 8 nitrogen and oxygen atoms in total. The maximum absolute atomic E-state index is 11.7. The number of fused-ring (bicyclic) bond motifs is 4. The molecule has 3 aliphatic rings. The topological polar surface area (TPSA) is 85.4 Å². The maximum atomic E-state index is 11.7. The Morgan fingerprint density at radius 3 is 2.59 bits per heavy atom. The number of nitrogens with zero attached hydrogens (tertiary/aromatic N) is 5. The van der Waals surface area contributed by atoms with E-state index in [9.17, 15) is 9.90 Å². The molecule has 1 atom stereocenters. The van der Waals surface area contributed by atoms with Gasteiger partial charge in [0.25, 0.3) is 0 Å². The van der Waals surface area contributed by atoms with Gasteiger partial charge < -0.3 is 19.0 Å². The molecular weight excluding hydrogens is 514 g/mol. The van der Waals surface area contributed by atoms with E-state index in [2.05, 4.69) is 56.5 Å². The van der Waals surface area contributed by atoms with E-state index in [0.29, 0.717) is 13.1 Å². The molecule has 208 valence electrons. The van der Waals surface area contributed by atoms with E-state index in [4.69, 9.17) is 14.7 Å². The first-order valence-corrected chi connectivity index (χ1v) is 14.7. The SMILES string of the molecule is O=C(O)c1ccc2nc(CN3CCn4c(nc5c(Cc6ccc(C7CC7)cc6)cccc54)C3)n(C[C@@H]3CCO3)c2c1. The van der Waals surface area contributed by atoms with Crippen molar-refractivity contribution in [1.29, 1.82) is 0 Å². The van der Waals surface area contributed by atoms with Gasteiger partial charge in [-0.2, -0.15) is 0 Å². The molecule has 1 saturated heterocycles. The number of ether oxygens (including phenoxy) is 1. The highest BCUT2D eigenvalue weighted by atomic mass is 16.5. The van der Waals surface area contributed by atoms with Crippen molar-refractivity contribution in [1.82, 2.24) is 24.0 Å². The molecule has 41 heavy (non-hydrogen) atoms. The van der Waals surface area contributed by atoms with E-state index in [1.165, 1.54) is 35.0 Å². The molecule has 5 aromatic rings. The molecule has 1 saturated carbocycles. The Morgan fingerprint density at radius 1 is 0.976 bits per heavy atom. The minimum Gasteiger partial charge on any atom is -0.478 e. The van der Waals surface area contributed by atoms with Crippen molar-refractivity contribution in [2.75, 3.05) is 13.2 Å². The molecule has 0 unspecified atom stereocenters. The van der Waals surface area contributed by atoms with E-state index in [1.807, 2.05) is 6.07 Å². The van der Waals surface area contributed by atoms with Gasteiger partial charge in [-0.05, 0) is 72.6 Å². The van der Waals surface area contributed by atoms with Crippen molar-refractivity contribution >= 4 is 28.0 Å². The monoisotopic (exact) mass is 547 g/mol. The van der Waals surface area contributed by atoms with E-state index < -0.39 is 5.97 Å². The second kappa shape index (κ2) is 9.82. The largest absolute Gasteiger partial charge is 0.478 e. The number of para-hydroxylation sites is 1. The van der Waals surface area contributed by atoms with Crippen molar-refractivity contribution in [3.8, 4) is 0 Å². The number of carboxylic acid groups (broad SMARTS) is 1. The smallest absolute Gasteiger partial charge is 0.335 e. The summed E-state index contributed by atoms with van der Waals surface area (Å²) in [6.45, 7) is 4.66. The molecule has 3 aromatic carbocycles. The van der Waals surface area contributed by atoms with E-state index in [1.54, 1.807) is 12.1 Å². The van der Waals surface area contributed by atoms with Crippen LogP contribution in [0.1, 0.15) is 63.9 Å². The van der Waals surface area contributed by atoms with Crippen LogP contribution in [-0.2, 0) is 37.3 Å². The van der Waals surface area contributed by atoms with Crippen LogP contribution >= 0.6 is 0 Å². The molecule has 0 spiro atoms. The maximum Gasteiger partial charge on any atom is 0.335 e. The van der Waals surface area contributed by atoms with Crippen molar-refractivity contribution in [2.45, 2.75) is 63.9 Å². The summed E-state index contributed by atoms with van der Waals surface area (Å²) in [5, 5.41) is 9.56. The lowest BCUT2D eigenvalue weighted by molar-refractivity contribution is -0.0592. The molecule has 0 amide bonds. The third-order valence-corrected chi connectivity index (χ3v) is 8.99. The number of aromatic carboxylic acids is 1. The zero-order chi connectivity index (χ0) is 27.5. The minimum atomic E-state index is -0.925. The Balaban J connectivity index is 1.06. The summed E-state index contributed by atoms with van der Waals surface area (Å²) in [6.07, 6.45) is 4.70. The van der Waals surface area contributed by atoms with Crippen molar-refractivity contribution in [2.24, 2.45) is 0 Å². The average molecular weight is 548 g/mol. The van der Waals surface area contributed by atoms with Crippen LogP contribution in [0, 0.1) is 0 Å². The van der Waals surface area contributed by atoms with Gasteiger partial charge >= 0.3 is 5.97 Å². The van der Waals surface area contributed by atoms with Crippen LogP contribution in [0.25, 0.3) is 22.1 Å². The number of benzene rings is 3. The van der Waals surface area contributed by atoms with Crippen LogP contribution in [0.3, 0.4) is 0 Å². The standard InChI is InChI=1S/C33H33N5O3/c39-33(40)25-10-11-27-29(17-25)38(18-26-12-15-41-26)30(34-27)19-36-13-14-37-28-3-1-2-24(32(28)35-31(37)20-36)16-21-4-6-22(7-5-21)23-8-9-23/h1-7,10-11,17,23,26H,8-9,12-16,18-20H2,(H,39,40)/t26-/m0/s1. The zero-order valence-corrected chi connectivity index (χ0v) is 23.0. The first kappa shape index (κ1) is 24.8. The van der Waals surface area contributed by atoms with Gasteiger partial charge in [0, 0.05) is 19.7 Å². The van der Waals surface area contributed by atoms with E-state index >= 15 is 0 Å². The molecule has 1 N–H and O–H groups in total. The fraction of sp³-hybridized carbons (Fsp3) is 0.364. The lowest BCUT2D eigenvalue weighted by Gasteiger charge is -2.30. The predicted octanol–water partition coefficient (Wildman–Crippen LogP) is 5.36. The first-order chi connectivity index (χ1) is 20.1. The van der Waals surface area contributed by atoms with Crippen molar-refractivity contribution in [3.05, 3.63) is 94.6 Å². The summed E-state index contributed by atoms with van der Waals surface area (Å²) >= 11 is 0. The van der Waals surface area contributed by atoms with Crippen LogP contribution in [-0.4, -0.2) is 54.3 Å². The first-order valence-electron chi connectivity index (χ1n) is 14.7. The fourth-order valence-corrected chi connectivity index (χ4v) is 6.43. The third-order valence-electron chi connectivity index (χ3n) is 8.99. The molecule has 2 fully saturated rings. The fourth-order valence-electron chi connectivity index (χ4n) is 6.43. The predicted molar refractivity (Wildman–Crippen MR) is 156 cm³/mol. The highest BCUT2D eigenvalue weighted by Crippen LogP contribution is 2.40. The number of hydrogen-bond acceptors (Lipinski definition) is 5. The normalized spacial score (nSPS) is 19.0. The summed E-state index contributed by atoms with van der Waals surface area (Å²) in [6, 6.07) is 20.9. The molecular formula is C33H33N5O3. The number of aromatic nitrogens is 4. The van der Waals surface area contributed by atoms with Gasteiger partial charge in [-0.15, -0.1) is 0 Å². The number of imidazole rings is 2. The van der Waals surface area contributed by atoms with Gasteiger partial charge in [-0.3, -0.25) is 4.90 Å². The molecule has 0 radical (unpaired) electrons. The summed E-state index contributed by atoms with van der Waals surface area (Å²) in [5.41, 5.74) is 8.34. The number of rotatable bonds is 8. The van der Waals surface area contributed by atoms with Gasteiger partial charge in [0.15, 0.2) is 0 Å². The van der Waals surface area contributed by atoms with Crippen LogP contribution in [0.2, 0.25) is 0 Å². The minimum absolute atomic E-state index is 0.147. The molecule has 0 bridgehead atoms. The number of carbonyl (C=O) groups is 1. The summed E-state index contributed by atoms with van der Waals surface area (Å²) in [5.74, 6) is 1.88. The summed E-state index contributed by atoms with van der Waals surface area (Å²) in [7, 11) is 0. The van der Waals surface area contributed by atoms with Crippen LogP contribution < -0.4 is 0 Å². The van der Waals surface area contributed by atoms with Crippen LogP contribution in [0.15, 0.2) is 60.7 Å². The van der Waals surface area contributed by atoms with E-state index in [0.717, 1.165) is 73.2 Å². The van der Waals surface area contributed by atoms with Crippen molar-refractivity contribution < 1.29 is 14.6 Å². The molecule has 1 aliphatic carbocycles. The number of carboxylic acids is 1. The van der Waals surface area contributed by atoms with Crippen molar-refractivity contribution in [3.63, 3.8) is 0 Å². The Kier molecular flexibility index (Phi) is 5.93. The second-order valence-corrected chi connectivity index (χ2v) is 11.8. The number of hydrogen-bond donors (Lipinski definition) is 1. The van der Waals surface area contributed by atoms with Crippen LogP contribution in [0.4, 0.5) is 0 Å². The molecule has 2 aliphatic heterocycles. The quantitative estimate of drug-likeness (QED) is 0.282. The van der Waals surface area contributed by atoms with Gasteiger partial charge in [0.2, 0.25) is 0 Å². The van der Waals surface area contributed by atoms with Gasteiger partial charge in [0.05, 0.1) is 53.4 Å². The highest BCUT2D eigenvalue weighted by molar-refractivity contribution is 5.92. The molecule has 2 aromatic heterocycles.